The Bertz CT molecular complexity index is 260. The molecule has 2 saturated heterocycles. The fraction of sp³-hybridized carbons (Fsp3) is 0.923. The van der Waals surface area contributed by atoms with Gasteiger partial charge in [-0.2, -0.15) is 0 Å². The van der Waals surface area contributed by atoms with Crippen molar-refractivity contribution in [1.82, 2.24) is 10.2 Å². The third kappa shape index (κ3) is 4.41. The molecule has 18 heavy (non-hydrogen) atoms. The molecule has 2 aliphatic rings. The highest BCUT2D eigenvalue weighted by Gasteiger charge is 2.27. The molecule has 5 heteroatoms. The molecule has 4 nitrogen and oxygen atoms in total. The first-order valence-corrected chi connectivity index (χ1v) is 6.79. The minimum absolute atomic E-state index is 0. The summed E-state index contributed by atoms with van der Waals surface area (Å²) in [6, 6.07) is 0. The second-order valence-electron chi connectivity index (χ2n) is 5.45. The highest BCUT2D eigenvalue weighted by molar-refractivity contribution is 5.85. The van der Waals surface area contributed by atoms with Crippen molar-refractivity contribution >= 4 is 18.3 Å². The van der Waals surface area contributed by atoms with E-state index in [0.29, 0.717) is 11.8 Å². The van der Waals surface area contributed by atoms with E-state index in [9.17, 15) is 4.79 Å². The van der Waals surface area contributed by atoms with E-state index in [2.05, 4.69) is 5.32 Å². The van der Waals surface area contributed by atoms with E-state index in [1.807, 2.05) is 18.7 Å². The lowest BCUT2D eigenvalue weighted by atomic mass is 9.94. The topological polar surface area (TPSA) is 41.6 Å². The van der Waals surface area contributed by atoms with Crippen LogP contribution in [-0.4, -0.2) is 49.2 Å². The number of ether oxygens (including phenoxy) is 1. The maximum atomic E-state index is 12.2. The Morgan fingerprint density at radius 2 is 1.78 bits per heavy atom. The lowest BCUT2D eigenvalue weighted by molar-refractivity contribution is -0.144. The molecule has 1 N–H and O–H groups in total. The van der Waals surface area contributed by atoms with Crippen molar-refractivity contribution in [2.45, 2.75) is 45.3 Å². The molecule has 106 valence electrons. The Labute approximate surface area is 116 Å². The summed E-state index contributed by atoms with van der Waals surface area (Å²) >= 11 is 0. The van der Waals surface area contributed by atoms with Crippen molar-refractivity contribution in [3.05, 3.63) is 0 Å². The van der Waals surface area contributed by atoms with Crippen LogP contribution in [0.25, 0.3) is 0 Å². The van der Waals surface area contributed by atoms with Crippen molar-refractivity contribution in [2.24, 2.45) is 5.92 Å². The van der Waals surface area contributed by atoms with Gasteiger partial charge in [-0.1, -0.05) is 0 Å². The molecule has 2 atom stereocenters. The van der Waals surface area contributed by atoms with E-state index < -0.39 is 0 Å². The van der Waals surface area contributed by atoms with Crippen LogP contribution < -0.4 is 5.32 Å². The van der Waals surface area contributed by atoms with Gasteiger partial charge in [0.05, 0.1) is 12.2 Å². The highest BCUT2D eigenvalue weighted by atomic mass is 35.5. The second-order valence-corrected chi connectivity index (χ2v) is 5.45. The molecule has 0 aliphatic carbocycles. The summed E-state index contributed by atoms with van der Waals surface area (Å²) < 4.78 is 5.65. The summed E-state index contributed by atoms with van der Waals surface area (Å²) in [5, 5.41) is 3.34. The van der Waals surface area contributed by atoms with Gasteiger partial charge in [-0.05, 0) is 45.7 Å². The molecule has 2 heterocycles. The lowest BCUT2D eigenvalue weighted by Crippen LogP contribution is -2.48. The molecular formula is C13H25ClN2O2. The minimum atomic E-state index is 0. The SMILES string of the molecule is CC1CN(C(=O)CC2CCNCC2)CC(C)O1.Cl. The van der Waals surface area contributed by atoms with Gasteiger partial charge in [-0.3, -0.25) is 4.79 Å². The van der Waals surface area contributed by atoms with Crippen LogP contribution in [0.3, 0.4) is 0 Å². The number of halogens is 1. The number of morpholine rings is 1. The zero-order valence-corrected chi connectivity index (χ0v) is 12.2. The van der Waals surface area contributed by atoms with Crippen LogP contribution >= 0.6 is 12.4 Å². The van der Waals surface area contributed by atoms with Gasteiger partial charge in [0.25, 0.3) is 0 Å². The molecule has 0 saturated carbocycles. The Morgan fingerprint density at radius 1 is 1.22 bits per heavy atom. The van der Waals surface area contributed by atoms with Crippen molar-refractivity contribution in [3.8, 4) is 0 Å². The summed E-state index contributed by atoms with van der Waals surface area (Å²) in [5.41, 5.74) is 0. The molecule has 0 radical (unpaired) electrons. The summed E-state index contributed by atoms with van der Waals surface area (Å²) in [4.78, 5) is 14.2. The maximum absolute atomic E-state index is 12.2. The van der Waals surface area contributed by atoms with Crippen LogP contribution in [0.5, 0.6) is 0 Å². The third-order valence-electron chi connectivity index (χ3n) is 3.69. The normalized spacial score (nSPS) is 29.8. The number of nitrogens with one attached hydrogen (secondary N) is 1. The molecule has 1 amide bonds. The Hall–Kier alpha value is -0.320. The molecule has 0 aromatic heterocycles. The summed E-state index contributed by atoms with van der Waals surface area (Å²) in [5.74, 6) is 0.899. The smallest absolute Gasteiger partial charge is 0.223 e. The highest BCUT2D eigenvalue weighted by Crippen LogP contribution is 2.19. The summed E-state index contributed by atoms with van der Waals surface area (Å²) in [6.07, 6.45) is 3.36. The maximum Gasteiger partial charge on any atom is 0.223 e. The van der Waals surface area contributed by atoms with Crippen molar-refractivity contribution < 1.29 is 9.53 Å². The first kappa shape index (κ1) is 15.7. The second kappa shape index (κ2) is 7.31. The Kier molecular flexibility index (Phi) is 6.39. The average molecular weight is 277 g/mol. The van der Waals surface area contributed by atoms with E-state index >= 15 is 0 Å². The number of carbonyl (C=O) groups is 1. The van der Waals surface area contributed by atoms with Gasteiger partial charge in [0, 0.05) is 19.5 Å². The summed E-state index contributed by atoms with van der Waals surface area (Å²) in [7, 11) is 0. The fourth-order valence-corrected chi connectivity index (χ4v) is 2.84. The number of nitrogens with zero attached hydrogens (tertiary/aromatic N) is 1. The van der Waals surface area contributed by atoms with E-state index in [4.69, 9.17) is 4.74 Å². The Morgan fingerprint density at radius 3 is 2.33 bits per heavy atom. The van der Waals surface area contributed by atoms with Gasteiger partial charge in [0.1, 0.15) is 0 Å². The quantitative estimate of drug-likeness (QED) is 0.830. The Balaban J connectivity index is 0.00000162. The van der Waals surface area contributed by atoms with Crippen LogP contribution in [0.1, 0.15) is 33.1 Å². The summed E-state index contributed by atoms with van der Waals surface area (Å²) in [6.45, 7) is 7.73. The van der Waals surface area contributed by atoms with Gasteiger partial charge in [0.2, 0.25) is 5.91 Å². The minimum Gasteiger partial charge on any atom is -0.372 e. The average Bonchev–Trinajstić information content (AvgIpc) is 2.29. The van der Waals surface area contributed by atoms with Crippen LogP contribution in [0, 0.1) is 5.92 Å². The molecule has 0 aromatic carbocycles. The van der Waals surface area contributed by atoms with Gasteiger partial charge in [0.15, 0.2) is 0 Å². The number of piperidine rings is 1. The van der Waals surface area contributed by atoms with Crippen molar-refractivity contribution in [3.63, 3.8) is 0 Å². The molecule has 2 unspecified atom stereocenters. The molecule has 2 aliphatic heterocycles. The number of rotatable bonds is 2. The number of hydrogen-bond acceptors (Lipinski definition) is 3. The zero-order chi connectivity index (χ0) is 12.3. The van der Waals surface area contributed by atoms with Gasteiger partial charge >= 0.3 is 0 Å². The lowest BCUT2D eigenvalue weighted by Gasteiger charge is -2.36. The van der Waals surface area contributed by atoms with Crippen LogP contribution in [-0.2, 0) is 9.53 Å². The van der Waals surface area contributed by atoms with Crippen LogP contribution in [0.2, 0.25) is 0 Å². The number of hydrogen-bond donors (Lipinski definition) is 1. The molecule has 0 bridgehead atoms. The first-order valence-electron chi connectivity index (χ1n) is 6.79. The first-order chi connectivity index (χ1) is 8.15. The molecule has 0 spiro atoms. The van der Waals surface area contributed by atoms with E-state index in [1.54, 1.807) is 0 Å². The number of amides is 1. The van der Waals surface area contributed by atoms with E-state index in [0.717, 1.165) is 45.4 Å². The van der Waals surface area contributed by atoms with Gasteiger partial charge in [-0.25, -0.2) is 0 Å². The monoisotopic (exact) mass is 276 g/mol. The zero-order valence-electron chi connectivity index (χ0n) is 11.4. The van der Waals surface area contributed by atoms with E-state index in [1.165, 1.54) is 0 Å². The third-order valence-corrected chi connectivity index (χ3v) is 3.69. The van der Waals surface area contributed by atoms with Crippen LogP contribution in [0.15, 0.2) is 0 Å². The molecular weight excluding hydrogens is 252 g/mol. The predicted octanol–water partition coefficient (Wildman–Crippen LogP) is 1.43. The van der Waals surface area contributed by atoms with Crippen LogP contribution in [0.4, 0.5) is 0 Å². The van der Waals surface area contributed by atoms with Crippen molar-refractivity contribution in [1.29, 1.82) is 0 Å². The predicted molar refractivity (Wildman–Crippen MR) is 74.0 cm³/mol. The largest absolute Gasteiger partial charge is 0.372 e. The molecule has 2 rings (SSSR count). The van der Waals surface area contributed by atoms with Crippen molar-refractivity contribution in [2.75, 3.05) is 26.2 Å². The fourth-order valence-electron chi connectivity index (χ4n) is 2.84. The van der Waals surface area contributed by atoms with Gasteiger partial charge in [-0.15, -0.1) is 12.4 Å². The van der Waals surface area contributed by atoms with E-state index in [-0.39, 0.29) is 24.6 Å². The van der Waals surface area contributed by atoms with Gasteiger partial charge < -0.3 is 15.0 Å². The molecule has 2 fully saturated rings. The number of carbonyl (C=O) groups excluding carboxylic acids is 1. The standard InChI is InChI=1S/C13H24N2O2.ClH/c1-10-8-15(9-11(2)17-10)13(16)7-12-3-5-14-6-4-12;/h10-12,14H,3-9H2,1-2H3;1H. The molecule has 0 aromatic rings.